The lowest BCUT2D eigenvalue weighted by Crippen LogP contribution is -2.22. The van der Waals surface area contributed by atoms with Crippen molar-refractivity contribution in [2.75, 3.05) is 17.7 Å². The quantitative estimate of drug-likeness (QED) is 0.569. The minimum atomic E-state index is -3.35. The van der Waals surface area contributed by atoms with E-state index in [0.717, 1.165) is 29.8 Å². The number of aromatic nitrogens is 5. The largest absolute Gasteiger partial charge is 0.430 e. The second-order valence-corrected chi connectivity index (χ2v) is 9.14. The molecule has 0 N–H and O–H groups in total. The van der Waals surface area contributed by atoms with E-state index in [0.29, 0.717) is 34.8 Å². The molecule has 1 aliphatic rings. The van der Waals surface area contributed by atoms with Crippen LogP contribution in [0.1, 0.15) is 12.5 Å². The number of nitrogens with zero attached hydrogens (tertiary/aromatic N) is 6. The number of hydrogen-bond donors (Lipinski definition) is 0. The molecule has 0 unspecified atom stereocenters. The average Bonchev–Trinajstić information content (AvgIpc) is 3.22. The molecule has 0 saturated heterocycles. The molecule has 1 aliphatic heterocycles. The molecule has 0 saturated carbocycles. The van der Waals surface area contributed by atoms with Gasteiger partial charge in [0.15, 0.2) is 20.7 Å². The lowest BCUT2D eigenvalue weighted by molar-refractivity contribution is 0.437. The minimum absolute atomic E-state index is 0.00770. The lowest BCUT2D eigenvalue weighted by atomic mass is 10.3. The molecule has 4 rings (SSSR count). The lowest BCUT2D eigenvalue weighted by Gasteiger charge is -2.20. The molecule has 0 aromatic carbocycles. The van der Waals surface area contributed by atoms with Gasteiger partial charge < -0.3 is 9.64 Å². The Morgan fingerprint density at radius 1 is 1.17 bits per heavy atom. The van der Waals surface area contributed by atoms with Crippen molar-refractivity contribution in [3.8, 4) is 16.6 Å². The molecule has 30 heavy (non-hydrogen) atoms. The Kier molecular flexibility index (Phi) is 5.55. The summed E-state index contributed by atoms with van der Waals surface area (Å²) in [5.41, 5.74) is 1.70. The molecule has 154 valence electrons. The molecule has 3 aromatic rings. The zero-order valence-electron chi connectivity index (χ0n) is 16.3. The van der Waals surface area contributed by atoms with Gasteiger partial charge in [-0.1, -0.05) is 6.92 Å². The van der Waals surface area contributed by atoms with E-state index in [1.54, 1.807) is 6.07 Å². The first-order valence-electron chi connectivity index (χ1n) is 9.06. The van der Waals surface area contributed by atoms with Crippen LogP contribution < -0.4 is 9.64 Å². The number of rotatable bonds is 6. The minimum Gasteiger partial charge on any atom is -0.430 e. The van der Waals surface area contributed by atoms with Crippen LogP contribution in [0, 0.1) is 0 Å². The van der Waals surface area contributed by atoms with Gasteiger partial charge in [0, 0.05) is 54.7 Å². The van der Waals surface area contributed by atoms with Crippen LogP contribution in [0.3, 0.4) is 0 Å². The first-order chi connectivity index (χ1) is 14.4. The van der Waals surface area contributed by atoms with Crippen LogP contribution in [0.2, 0.25) is 0 Å². The predicted octanol–water partition coefficient (Wildman–Crippen LogP) is 2.65. The molecule has 9 nitrogen and oxygen atoms in total. The molecule has 0 spiro atoms. The van der Waals surface area contributed by atoms with Crippen LogP contribution in [0.4, 0.5) is 5.95 Å². The standard InChI is InChI=1S/C19H18N6O3S2/c1-3-13-10-21-18(22-11-13)25-8-6-15(7-9-25)28-19-23-17(24-29-19)14-4-5-16(20-12-14)30(2,26)27/h4-8,10-12H,3,9H2,1-2H3. The first-order valence-corrected chi connectivity index (χ1v) is 11.7. The van der Waals surface area contributed by atoms with Crippen LogP contribution in [0.5, 0.6) is 5.19 Å². The smallest absolute Gasteiger partial charge is 0.299 e. The van der Waals surface area contributed by atoms with Gasteiger partial charge in [0.2, 0.25) is 5.95 Å². The van der Waals surface area contributed by atoms with Crippen molar-refractivity contribution in [2.45, 2.75) is 18.4 Å². The van der Waals surface area contributed by atoms with Crippen molar-refractivity contribution in [2.24, 2.45) is 0 Å². The second kappa shape index (κ2) is 8.28. The Balaban J connectivity index is 1.40. The highest BCUT2D eigenvalue weighted by Crippen LogP contribution is 2.25. The number of allylic oxidation sites excluding steroid dienone is 1. The number of sulfone groups is 1. The summed E-state index contributed by atoms with van der Waals surface area (Å²) in [6.07, 6.45) is 12.7. The van der Waals surface area contributed by atoms with E-state index < -0.39 is 9.84 Å². The predicted molar refractivity (Wildman–Crippen MR) is 113 cm³/mol. The SMILES string of the molecule is CCc1cnc(N2C=CC(Oc3nc(-c4ccc(S(C)(=O)=O)nc4)ns3)=CC2)nc1. The molecular formula is C19H18N6O3S2. The normalized spacial score (nSPS) is 13.9. The van der Waals surface area contributed by atoms with Gasteiger partial charge in [0.05, 0.1) is 0 Å². The highest BCUT2D eigenvalue weighted by molar-refractivity contribution is 7.90. The number of aryl methyl sites for hydroxylation is 1. The number of anilines is 1. The van der Waals surface area contributed by atoms with Crippen molar-refractivity contribution in [1.82, 2.24) is 24.3 Å². The molecule has 0 aliphatic carbocycles. The Morgan fingerprint density at radius 3 is 2.57 bits per heavy atom. The first kappa shape index (κ1) is 20.1. The van der Waals surface area contributed by atoms with Crippen LogP contribution in [-0.2, 0) is 16.3 Å². The molecule has 0 radical (unpaired) electrons. The molecule has 0 fully saturated rings. The molecule has 0 amide bonds. The third-order valence-electron chi connectivity index (χ3n) is 4.25. The van der Waals surface area contributed by atoms with E-state index in [1.165, 1.54) is 12.3 Å². The Bertz CT molecular complexity index is 1200. The van der Waals surface area contributed by atoms with Crippen molar-refractivity contribution >= 4 is 27.3 Å². The maximum Gasteiger partial charge on any atom is 0.299 e. The van der Waals surface area contributed by atoms with Crippen molar-refractivity contribution < 1.29 is 13.2 Å². The molecule has 0 atom stereocenters. The summed E-state index contributed by atoms with van der Waals surface area (Å²) in [6.45, 7) is 2.63. The number of hydrogen-bond acceptors (Lipinski definition) is 10. The van der Waals surface area contributed by atoms with Gasteiger partial charge in [-0.3, -0.25) is 0 Å². The highest BCUT2D eigenvalue weighted by Gasteiger charge is 2.14. The fourth-order valence-electron chi connectivity index (χ4n) is 2.58. The topological polar surface area (TPSA) is 111 Å². The zero-order chi connectivity index (χ0) is 21.1. The van der Waals surface area contributed by atoms with Gasteiger partial charge in [-0.05, 0) is 36.3 Å². The third-order valence-corrected chi connectivity index (χ3v) is 5.85. The fraction of sp³-hybridized carbons (Fsp3) is 0.211. The molecule has 4 heterocycles. The second-order valence-electron chi connectivity index (χ2n) is 6.46. The summed E-state index contributed by atoms with van der Waals surface area (Å²) >= 11 is 1.11. The summed E-state index contributed by atoms with van der Waals surface area (Å²) in [7, 11) is -3.35. The van der Waals surface area contributed by atoms with Crippen LogP contribution >= 0.6 is 11.5 Å². The van der Waals surface area contributed by atoms with Gasteiger partial charge in [0.25, 0.3) is 5.19 Å². The summed E-state index contributed by atoms with van der Waals surface area (Å²) < 4.78 is 33.1. The van der Waals surface area contributed by atoms with E-state index in [4.69, 9.17) is 4.74 Å². The van der Waals surface area contributed by atoms with E-state index in [2.05, 4.69) is 31.2 Å². The zero-order valence-corrected chi connectivity index (χ0v) is 17.9. The Hall–Kier alpha value is -3.18. The van der Waals surface area contributed by atoms with Gasteiger partial charge in [-0.15, -0.1) is 0 Å². The number of ether oxygens (including phenoxy) is 1. The van der Waals surface area contributed by atoms with E-state index >= 15 is 0 Å². The average molecular weight is 443 g/mol. The molecule has 11 heteroatoms. The summed E-state index contributed by atoms with van der Waals surface area (Å²) in [6, 6.07) is 3.05. The van der Waals surface area contributed by atoms with Crippen molar-refractivity contribution in [3.63, 3.8) is 0 Å². The molecular weight excluding hydrogens is 424 g/mol. The summed E-state index contributed by atoms with van der Waals surface area (Å²) in [5, 5.41) is 0.387. The number of pyridine rings is 1. The van der Waals surface area contributed by atoms with E-state index in [9.17, 15) is 8.42 Å². The van der Waals surface area contributed by atoms with Crippen molar-refractivity contribution in [1.29, 1.82) is 0 Å². The molecule has 3 aromatic heterocycles. The van der Waals surface area contributed by atoms with E-state index in [1.807, 2.05) is 35.6 Å². The van der Waals surface area contributed by atoms with E-state index in [-0.39, 0.29) is 5.03 Å². The fourth-order valence-corrected chi connectivity index (χ4v) is 3.72. The van der Waals surface area contributed by atoms with Gasteiger partial charge >= 0.3 is 0 Å². The van der Waals surface area contributed by atoms with Gasteiger partial charge in [0.1, 0.15) is 5.76 Å². The molecule has 0 bridgehead atoms. The van der Waals surface area contributed by atoms with Gasteiger partial charge in [-0.2, -0.15) is 9.36 Å². The highest BCUT2D eigenvalue weighted by atomic mass is 32.2. The Labute approximate surface area is 177 Å². The maximum absolute atomic E-state index is 11.5. The van der Waals surface area contributed by atoms with Crippen LogP contribution in [0.25, 0.3) is 11.4 Å². The maximum atomic E-state index is 11.5. The monoisotopic (exact) mass is 442 g/mol. The Morgan fingerprint density at radius 2 is 1.97 bits per heavy atom. The van der Waals surface area contributed by atoms with Crippen LogP contribution in [-0.4, -0.2) is 45.5 Å². The van der Waals surface area contributed by atoms with Crippen molar-refractivity contribution in [3.05, 3.63) is 60.4 Å². The van der Waals surface area contributed by atoms with Gasteiger partial charge in [-0.25, -0.2) is 23.4 Å². The summed E-state index contributed by atoms with van der Waals surface area (Å²) in [4.78, 5) is 19.0. The third kappa shape index (κ3) is 4.52. The summed E-state index contributed by atoms with van der Waals surface area (Å²) in [5.74, 6) is 1.70. The van der Waals surface area contributed by atoms with Crippen LogP contribution in [0.15, 0.2) is 59.9 Å².